The van der Waals surface area contributed by atoms with Gasteiger partial charge in [-0.3, -0.25) is 4.90 Å². The molecule has 1 atom stereocenters. The SMILES string of the molecule is c1csc(CN2CCC3(CC2)OCCC3CCOCC2CC2)c1. The van der Waals surface area contributed by atoms with E-state index in [0.29, 0.717) is 5.92 Å². The molecular weight excluding hydrogens is 306 g/mol. The number of likely N-dealkylation sites (tertiary alicyclic amines) is 1. The maximum absolute atomic E-state index is 6.29. The summed E-state index contributed by atoms with van der Waals surface area (Å²) in [7, 11) is 0. The largest absolute Gasteiger partial charge is 0.381 e. The lowest BCUT2D eigenvalue weighted by molar-refractivity contribution is -0.0730. The summed E-state index contributed by atoms with van der Waals surface area (Å²) in [5, 5.41) is 2.18. The van der Waals surface area contributed by atoms with Crippen molar-refractivity contribution in [2.75, 3.05) is 32.9 Å². The van der Waals surface area contributed by atoms with Gasteiger partial charge < -0.3 is 9.47 Å². The molecule has 1 aliphatic carbocycles. The zero-order valence-electron chi connectivity index (χ0n) is 14.0. The summed E-state index contributed by atoms with van der Waals surface area (Å²) in [4.78, 5) is 4.08. The van der Waals surface area contributed by atoms with Crippen molar-refractivity contribution in [2.24, 2.45) is 11.8 Å². The lowest BCUT2D eigenvalue weighted by atomic mass is 9.78. The van der Waals surface area contributed by atoms with Gasteiger partial charge in [-0.25, -0.2) is 0 Å². The maximum atomic E-state index is 6.29. The van der Waals surface area contributed by atoms with Crippen LogP contribution in [0.5, 0.6) is 0 Å². The first-order chi connectivity index (χ1) is 11.3. The van der Waals surface area contributed by atoms with Crippen LogP contribution < -0.4 is 0 Å². The Hall–Kier alpha value is -0.420. The van der Waals surface area contributed by atoms with Crippen molar-refractivity contribution in [3.05, 3.63) is 22.4 Å². The molecule has 1 spiro atoms. The van der Waals surface area contributed by atoms with Gasteiger partial charge >= 0.3 is 0 Å². The molecule has 1 saturated carbocycles. The summed E-state index contributed by atoms with van der Waals surface area (Å²) in [6.45, 7) is 6.36. The maximum Gasteiger partial charge on any atom is 0.0736 e. The molecule has 3 fully saturated rings. The fraction of sp³-hybridized carbons (Fsp3) is 0.789. The number of thiophene rings is 1. The molecule has 2 aliphatic heterocycles. The van der Waals surface area contributed by atoms with Crippen LogP contribution in [0, 0.1) is 11.8 Å². The van der Waals surface area contributed by atoms with Gasteiger partial charge in [0.15, 0.2) is 0 Å². The molecule has 23 heavy (non-hydrogen) atoms. The van der Waals surface area contributed by atoms with Gasteiger partial charge in [0.25, 0.3) is 0 Å². The van der Waals surface area contributed by atoms with Gasteiger partial charge in [-0.05, 0) is 61.8 Å². The fourth-order valence-corrected chi connectivity index (χ4v) is 4.96. The number of ether oxygens (including phenoxy) is 2. The lowest BCUT2D eigenvalue weighted by Crippen LogP contribution is -2.47. The molecule has 1 aromatic heterocycles. The molecule has 4 rings (SSSR count). The first-order valence-electron chi connectivity index (χ1n) is 9.30. The first-order valence-corrected chi connectivity index (χ1v) is 10.2. The number of piperidine rings is 1. The van der Waals surface area contributed by atoms with Crippen LogP contribution in [0.15, 0.2) is 17.5 Å². The van der Waals surface area contributed by atoms with Gasteiger partial charge in [-0.2, -0.15) is 0 Å². The van der Waals surface area contributed by atoms with Gasteiger partial charge in [0.05, 0.1) is 5.60 Å². The first kappa shape index (κ1) is 16.1. The Bertz CT molecular complexity index is 478. The van der Waals surface area contributed by atoms with Crippen LogP contribution in [0.4, 0.5) is 0 Å². The number of rotatable bonds is 7. The van der Waals surface area contributed by atoms with E-state index < -0.39 is 0 Å². The van der Waals surface area contributed by atoms with Crippen LogP contribution in [-0.2, 0) is 16.0 Å². The third-order valence-corrected chi connectivity index (χ3v) is 6.78. The number of hydrogen-bond donors (Lipinski definition) is 0. The van der Waals surface area contributed by atoms with Gasteiger partial charge in [-0.15, -0.1) is 11.3 Å². The monoisotopic (exact) mass is 335 g/mol. The predicted octanol–water partition coefficient (Wildman–Crippen LogP) is 3.94. The van der Waals surface area contributed by atoms with Crippen LogP contribution in [-0.4, -0.2) is 43.4 Å². The van der Waals surface area contributed by atoms with E-state index in [0.717, 1.165) is 32.3 Å². The minimum atomic E-state index is 0.162. The Kier molecular flexibility index (Phi) is 5.04. The summed E-state index contributed by atoms with van der Waals surface area (Å²) >= 11 is 1.87. The molecular formula is C19H29NO2S. The van der Waals surface area contributed by atoms with E-state index in [4.69, 9.17) is 9.47 Å². The average Bonchev–Trinajstić information content (AvgIpc) is 3.10. The topological polar surface area (TPSA) is 21.7 Å². The Morgan fingerprint density at radius 2 is 2.13 bits per heavy atom. The quantitative estimate of drug-likeness (QED) is 0.705. The van der Waals surface area contributed by atoms with Crippen molar-refractivity contribution in [2.45, 2.75) is 50.7 Å². The van der Waals surface area contributed by atoms with Crippen molar-refractivity contribution in [1.29, 1.82) is 0 Å². The number of hydrogen-bond acceptors (Lipinski definition) is 4. The second kappa shape index (κ2) is 7.22. The highest BCUT2D eigenvalue weighted by atomic mass is 32.1. The Morgan fingerprint density at radius 3 is 2.87 bits per heavy atom. The molecule has 4 heteroatoms. The molecule has 0 bridgehead atoms. The minimum absolute atomic E-state index is 0.162. The number of nitrogens with zero attached hydrogens (tertiary/aromatic N) is 1. The second-order valence-electron chi connectivity index (χ2n) is 7.56. The van der Waals surface area contributed by atoms with E-state index in [1.807, 2.05) is 11.3 Å². The highest BCUT2D eigenvalue weighted by Gasteiger charge is 2.45. The highest BCUT2D eigenvalue weighted by molar-refractivity contribution is 7.09. The molecule has 1 unspecified atom stereocenters. The molecule has 0 radical (unpaired) electrons. The molecule has 0 aromatic carbocycles. The zero-order valence-corrected chi connectivity index (χ0v) is 14.9. The van der Waals surface area contributed by atoms with E-state index in [9.17, 15) is 0 Å². The van der Waals surface area contributed by atoms with Crippen LogP contribution in [0.2, 0.25) is 0 Å². The summed E-state index contributed by atoms with van der Waals surface area (Å²) in [6, 6.07) is 4.41. The molecule has 0 amide bonds. The molecule has 2 saturated heterocycles. The smallest absolute Gasteiger partial charge is 0.0736 e. The van der Waals surface area contributed by atoms with Gasteiger partial charge in [-0.1, -0.05) is 6.07 Å². The minimum Gasteiger partial charge on any atom is -0.381 e. The lowest BCUT2D eigenvalue weighted by Gasteiger charge is -2.42. The van der Waals surface area contributed by atoms with Gasteiger partial charge in [0.1, 0.15) is 0 Å². The third-order valence-electron chi connectivity index (χ3n) is 5.92. The molecule has 3 aliphatic rings. The van der Waals surface area contributed by atoms with Crippen molar-refractivity contribution >= 4 is 11.3 Å². The summed E-state index contributed by atoms with van der Waals surface area (Å²) in [6.07, 6.45) is 7.60. The third kappa shape index (κ3) is 3.98. The molecule has 128 valence electrons. The normalized spacial score (nSPS) is 27.7. The van der Waals surface area contributed by atoms with Gasteiger partial charge in [0.2, 0.25) is 0 Å². The summed E-state index contributed by atoms with van der Waals surface area (Å²) in [5.74, 6) is 1.59. The summed E-state index contributed by atoms with van der Waals surface area (Å²) < 4.78 is 12.2. The van der Waals surface area contributed by atoms with Crippen LogP contribution in [0.1, 0.15) is 43.4 Å². The fourth-order valence-electron chi connectivity index (χ4n) is 4.22. The Morgan fingerprint density at radius 1 is 1.26 bits per heavy atom. The van der Waals surface area contributed by atoms with Crippen molar-refractivity contribution in [3.63, 3.8) is 0 Å². The van der Waals surface area contributed by atoms with E-state index in [1.165, 1.54) is 56.5 Å². The van der Waals surface area contributed by atoms with Crippen molar-refractivity contribution in [1.82, 2.24) is 4.90 Å². The Balaban J connectivity index is 1.24. The van der Waals surface area contributed by atoms with E-state index in [1.54, 1.807) is 0 Å². The standard InChI is InChI=1S/C19H29NO2S/c1-2-18(23-13-1)14-20-9-7-19(8-10-20)17(6-12-22-19)5-11-21-15-16-3-4-16/h1-2,13,16-17H,3-12,14-15H2. The predicted molar refractivity (Wildman–Crippen MR) is 93.8 cm³/mol. The average molecular weight is 336 g/mol. The van der Waals surface area contributed by atoms with Crippen LogP contribution in [0.25, 0.3) is 0 Å². The van der Waals surface area contributed by atoms with Gasteiger partial charge in [0, 0.05) is 44.3 Å². The van der Waals surface area contributed by atoms with E-state index >= 15 is 0 Å². The summed E-state index contributed by atoms with van der Waals surface area (Å²) in [5.41, 5.74) is 0.162. The second-order valence-corrected chi connectivity index (χ2v) is 8.59. The van der Waals surface area contributed by atoms with E-state index in [2.05, 4.69) is 22.4 Å². The molecule has 1 aromatic rings. The van der Waals surface area contributed by atoms with Crippen LogP contribution >= 0.6 is 11.3 Å². The molecule has 0 N–H and O–H groups in total. The van der Waals surface area contributed by atoms with E-state index in [-0.39, 0.29) is 5.60 Å². The highest BCUT2D eigenvalue weighted by Crippen LogP contribution is 2.42. The molecule has 3 nitrogen and oxygen atoms in total. The van der Waals surface area contributed by atoms with Crippen molar-refractivity contribution < 1.29 is 9.47 Å². The Labute approximate surface area is 144 Å². The van der Waals surface area contributed by atoms with Crippen molar-refractivity contribution in [3.8, 4) is 0 Å². The zero-order chi connectivity index (χ0) is 15.5. The molecule has 3 heterocycles. The van der Waals surface area contributed by atoms with Crippen LogP contribution in [0.3, 0.4) is 0 Å².